The van der Waals surface area contributed by atoms with E-state index in [0.717, 1.165) is 56.2 Å². The number of rotatable bonds is 1. The highest BCUT2D eigenvalue weighted by atomic mass is 16.5. The van der Waals surface area contributed by atoms with Crippen molar-refractivity contribution in [2.45, 2.75) is 25.7 Å². The van der Waals surface area contributed by atoms with Gasteiger partial charge in [-0.25, -0.2) is 0 Å². The molecule has 1 amide bonds. The van der Waals surface area contributed by atoms with Crippen molar-refractivity contribution in [2.24, 2.45) is 29.6 Å². The number of hydrogen-bond donors (Lipinski definition) is 0. The van der Waals surface area contributed by atoms with Crippen molar-refractivity contribution in [2.75, 3.05) is 26.3 Å². The predicted molar refractivity (Wildman–Crippen MR) is 72.5 cm³/mol. The summed E-state index contributed by atoms with van der Waals surface area (Å²) in [5.74, 6) is 3.49. The Bertz CT molecular complexity index is 378. The molecule has 2 saturated heterocycles. The van der Waals surface area contributed by atoms with E-state index in [9.17, 15) is 4.79 Å². The van der Waals surface area contributed by atoms with Gasteiger partial charge in [0.2, 0.25) is 5.91 Å². The molecular weight excluding hydrogens is 238 g/mol. The van der Waals surface area contributed by atoms with Crippen molar-refractivity contribution in [3.63, 3.8) is 0 Å². The summed E-state index contributed by atoms with van der Waals surface area (Å²) in [5.41, 5.74) is 0. The van der Waals surface area contributed by atoms with Crippen LogP contribution < -0.4 is 0 Å². The largest absolute Gasteiger partial charge is 0.381 e. The number of fused-ring (bicyclic) bond motifs is 1. The smallest absolute Gasteiger partial charge is 0.228 e. The Balaban J connectivity index is 1.46. The van der Waals surface area contributed by atoms with Crippen LogP contribution in [-0.2, 0) is 9.53 Å². The van der Waals surface area contributed by atoms with E-state index in [1.54, 1.807) is 0 Å². The Kier molecular flexibility index (Phi) is 2.91. The summed E-state index contributed by atoms with van der Waals surface area (Å²) in [7, 11) is 0. The van der Waals surface area contributed by atoms with Crippen molar-refractivity contribution < 1.29 is 9.53 Å². The van der Waals surface area contributed by atoms with Crippen LogP contribution in [0, 0.1) is 29.6 Å². The molecule has 19 heavy (non-hydrogen) atoms. The molecule has 5 aliphatic rings. The fourth-order valence-corrected chi connectivity index (χ4v) is 4.71. The average molecular weight is 261 g/mol. The monoisotopic (exact) mass is 261 g/mol. The molecule has 2 bridgehead atoms. The SMILES string of the molecule is O=C([C@@H]1CCCOC1)N1C[C@@H]2[C@H](C1)[C@H]1C=C[C@H]2CC1. The summed E-state index contributed by atoms with van der Waals surface area (Å²) in [6.45, 7) is 3.50. The lowest BCUT2D eigenvalue weighted by molar-refractivity contribution is -0.138. The molecule has 3 fully saturated rings. The maximum atomic E-state index is 12.6. The summed E-state index contributed by atoms with van der Waals surface area (Å²) in [4.78, 5) is 14.8. The number of carbonyl (C=O) groups is 1. The highest BCUT2D eigenvalue weighted by Crippen LogP contribution is 2.48. The lowest BCUT2D eigenvalue weighted by atomic mass is 9.64. The minimum atomic E-state index is 0.138. The molecule has 2 aliphatic heterocycles. The fraction of sp³-hybridized carbons (Fsp3) is 0.812. The van der Waals surface area contributed by atoms with Gasteiger partial charge in [0, 0.05) is 19.7 Å². The van der Waals surface area contributed by atoms with Crippen LogP contribution in [0.5, 0.6) is 0 Å². The van der Waals surface area contributed by atoms with Crippen LogP contribution in [0.15, 0.2) is 12.2 Å². The van der Waals surface area contributed by atoms with E-state index >= 15 is 0 Å². The Morgan fingerprint density at radius 2 is 1.74 bits per heavy atom. The van der Waals surface area contributed by atoms with Gasteiger partial charge in [0.15, 0.2) is 0 Å². The predicted octanol–water partition coefficient (Wildman–Crippen LogP) is 2.08. The van der Waals surface area contributed by atoms with Gasteiger partial charge in [-0.1, -0.05) is 12.2 Å². The van der Waals surface area contributed by atoms with E-state index < -0.39 is 0 Å². The van der Waals surface area contributed by atoms with E-state index in [0.29, 0.717) is 12.5 Å². The molecule has 2 heterocycles. The lowest BCUT2D eigenvalue weighted by Crippen LogP contribution is -2.38. The highest BCUT2D eigenvalue weighted by Gasteiger charge is 2.47. The zero-order chi connectivity index (χ0) is 12.8. The lowest BCUT2D eigenvalue weighted by Gasteiger charge is -2.40. The van der Waals surface area contributed by atoms with E-state index in [-0.39, 0.29) is 5.92 Å². The van der Waals surface area contributed by atoms with Gasteiger partial charge in [-0.15, -0.1) is 0 Å². The number of ether oxygens (including phenoxy) is 1. The van der Waals surface area contributed by atoms with Crippen molar-refractivity contribution in [1.82, 2.24) is 4.90 Å². The topological polar surface area (TPSA) is 29.5 Å². The van der Waals surface area contributed by atoms with E-state index in [4.69, 9.17) is 4.74 Å². The zero-order valence-electron chi connectivity index (χ0n) is 11.5. The van der Waals surface area contributed by atoms with Crippen LogP contribution in [-0.4, -0.2) is 37.1 Å². The van der Waals surface area contributed by atoms with Gasteiger partial charge in [0.25, 0.3) is 0 Å². The molecule has 0 aromatic heterocycles. The third-order valence-electron chi connectivity index (χ3n) is 5.77. The maximum Gasteiger partial charge on any atom is 0.228 e. The van der Waals surface area contributed by atoms with Crippen LogP contribution in [0.25, 0.3) is 0 Å². The molecule has 3 nitrogen and oxygen atoms in total. The third kappa shape index (κ3) is 1.94. The minimum absolute atomic E-state index is 0.138. The van der Waals surface area contributed by atoms with Gasteiger partial charge in [-0.05, 0) is 49.4 Å². The summed E-state index contributed by atoms with van der Waals surface area (Å²) < 4.78 is 5.48. The number of amides is 1. The zero-order valence-corrected chi connectivity index (χ0v) is 11.5. The van der Waals surface area contributed by atoms with Crippen LogP contribution in [0.1, 0.15) is 25.7 Å². The molecule has 0 aromatic carbocycles. The van der Waals surface area contributed by atoms with Crippen molar-refractivity contribution in [3.05, 3.63) is 12.2 Å². The van der Waals surface area contributed by atoms with Gasteiger partial charge >= 0.3 is 0 Å². The van der Waals surface area contributed by atoms with Crippen LogP contribution >= 0.6 is 0 Å². The quantitative estimate of drug-likeness (QED) is 0.676. The third-order valence-corrected chi connectivity index (χ3v) is 5.77. The number of carbonyl (C=O) groups excluding carboxylic acids is 1. The van der Waals surface area contributed by atoms with Crippen LogP contribution in [0.2, 0.25) is 0 Å². The first-order chi connectivity index (χ1) is 9.33. The first kappa shape index (κ1) is 12.0. The molecule has 104 valence electrons. The Labute approximate surface area is 115 Å². The second kappa shape index (κ2) is 4.62. The normalized spacial score (nSPS) is 44.4. The van der Waals surface area contributed by atoms with Gasteiger partial charge in [0.05, 0.1) is 12.5 Å². The first-order valence-corrected chi connectivity index (χ1v) is 7.88. The molecule has 0 spiro atoms. The van der Waals surface area contributed by atoms with Crippen molar-refractivity contribution >= 4 is 5.91 Å². The van der Waals surface area contributed by atoms with Gasteiger partial charge < -0.3 is 9.64 Å². The Morgan fingerprint density at radius 3 is 2.26 bits per heavy atom. The highest BCUT2D eigenvalue weighted by molar-refractivity contribution is 5.79. The molecule has 3 heteroatoms. The molecule has 0 N–H and O–H groups in total. The van der Waals surface area contributed by atoms with Crippen molar-refractivity contribution in [3.8, 4) is 0 Å². The molecule has 5 rings (SSSR count). The average Bonchev–Trinajstić information content (AvgIpc) is 2.96. The summed E-state index contributed by atoms with van der Waals surface area (Å²) in [5, 5.41) is 0. The first-order valence-electron chi connectivity index (χ1n) is 7.88. The molecule has 0 radical (unpaired) electrons. The van der Waals surface area contributed by atoms with E-state index in [2.05, 4.69) is 17.1 Å². The van der Waals surface area contributed by atoms with Gasteiger partial charge in [-0.3, -0.25) is 4.79 Å². The molecule has 1 saturated carbocycles. The molecule has 3 aliphatic carbocycles. The van der Waals surface area contributed by atoms with E-state index in [1.807, 2.05) is 0 Å². The summed E-state index contributed by atoms with van der Waals surface area (Å²) in [6.07, 6.45) is 9.60. The standard InChI is InChI=1S/C16H23NO2/c18-16(13-2-1-7-19-10-13)17-8-14-11-3-4-12(6-5-11)15(14)9-17/h3-4,11-15H,1-2,5-10H2/t11-,12-,13+,14-,15+/m0/s1. The summed E-state index contributed by atoms with van der Waals surface area (Å²) in [6, 6.07) is 0. The summed E-state index contributed by atoms with van der Waals surface area (Å²) >= 11 is 0. The number of nitrogens with zero attached hydrogens (tertiary/aromatic N) is 1. The van der Waals surface area contributed by atoms with Crippen LogP contribution in [0.4, 0.5) is 0 Å². The number of likely N-dealkylation sites (tertiary alicyclic amines) is 1. The van der Waals surface area contributed by atoms with E-state index in [1.165, 1.54) is 12.8 Å². The molecule has 5 atom stereocenters. The molecule has 0 unspecified atom stereocenters. The second-order valence-corrected chi connectivity index (χ2v) is 6.77. The van der Waals surface area contributed by atoms with Crippen LogP contribution in [0.3, 0.4) is 0 Å². The second-order valence-electron chi connectivity index (χ2n) is 6.77. The van der Waals surface area contributed by atoms with Gasteiger partial charge in [0.1, 0.15) is 0 Å². The maximum absolute atomic E-state index is 12.6. The fourth-order valence-electron chi connectivity index (χ4n) is 4.71. The molecular formula is C16H23NO2. The number of hydrogen-bond acceptors (Lipinski definition) is 2. The van der Waals surface area contributed by atoms with Crippen molar-refractivity contribution in [1.29, 1.82) is 0 Å². The minimum Gasteiger partial charge on any atom is -0.381 e. The van der Waals surface area contributed by atoms with Gasteiger partial charge in [-0.2, -0.15) is 0 Å². The Hall–Kier alpha value is -0.830. The molecule has 0 aromatic rings. The Morgan fingerprint density at radius 1 is 1.05 bits per heavy atom. The number of allylic oxidation sites excluding steroid dienone is 2.